The highest BCUT2D eigenvalue weighted by atomic mass is 32.2. The zero-order valence-electron chi connectivity index (χ0n) is 6.46. The van der Waals surface area contributed by atoms with E-state index >= 15 is 0 Å². The van der Waals surface area contributed by atoms with E-state index in [1.54, 1.807) is 0 Å². The van der Waals surface area contributed by atoms with Crippen molar-refractivity contribution in [1.82, 2.24) is 0 Å². The molecule has 0 aliphatic heterocycles. The maximum absolute atomic E-state index is 11.0. The van der Waals surface area contributed by atoms with Gasteiger partial charge in [0.05, 0.1) is 12.5 Å². The van der Waals surface area contributed by atoms with E-state index in [-0.39, 0.29) is 0 Å². The van der Waals surface area contributed by atoms with Crippen molar-refractivity contribution in [2.45, 2.75) is 20.3 Å². The van der Waals surface area contributed by atoms with Gasteiger partial charge < -0.3 is 4.55 Å². The Morgan fingerprint density at radius 1 is 1.60 bits per heavy atom. The molecule has 0 heterocycles. The molecule has 1 unspecified atom stereocenters. The molecule has 0 aromatic heterocycles. The third-order valence-electron chi connectivity index (χ3n) is 0.961. The van der Waals surface area contributed by atoms with Gasteiger partial charge in [-0.2, -0.15) is 5.26 Å². The lowest BCUT2D eigenvalue weighted by Gasteiger charge is -2.10. The van der Waals surface area contributed by atoms with Crippen LogP contribution in [-0.4, -0.2) is 16.1 Å². The second-order valence-electron chi connectivity index (χ2n) is 2.61. The molecule has 0 aromatic rings. The summed E-state index contributed by atoms with van der Waals surface area (Å²) in [7, 11) is 0. The van der Waals surface area contributed by atoms with E-state index in [1.165, 1.54) is 0 Å². The predicted molar refractivity (Wildman–Crippen MR) is 42.9 cm³/mol. The summed E-state index contributed by atoms with van der Waals surface area (Å²) in [6.45, 7) is 4.06. The van der Waals surface area contributed by atoms with E-state index in [4.69, 9.17) is 5.26 Å². The number of nitriles is 1. The molecule has 0 saturated carbocycles. The Balaban J connectivity index is 3.27. The highest BCUT2D eigenvalue weighted by Crippen LogP contribution is 2.01. The van der Waals surface area contributed by atoms with Crippen molar-refractivity contribution in [2.75, 3.05) is 11.5 Å². The largest absolute Gasteiger partial charge is 0.616 e. The van der Waals surface area contributed by atoms with Crippen LogP contribution in [0.2, 0.25) is 0 Å². The van der Waals surface area contributed by atoms with Crippen molar-refractivity contribution in [3.63, 3.8) is 0 Å². The molecule has 0 bridgehead atoms. The molecular weight excluding hydrogens is 146 g/mol. The molecule has 0 aromatic carbocycles. The van der Waals surface area contributed by atoms with Gasteiger partial charge in [-0.25, -0.2) is 0 Å². The molecule has 0 aliphatic carbocycles. The van der Waals surface area contributed by atoms with Crippen molar-refractivity contribution < 1.29 is 4.55 Å². The van der Waals surface area contributed by atoms with Crippen LogP contribution in [0.4, 0.5) is 0 Å². The predicted octanol–water partition coefficient (Wildman–Crippen LogP) is 1.30. The summed E-state index contributed by atoms with van der Waals surface area (Å²) in [6, 6.07) is 1.98. The van der Waals surface area contributed by atoms with Crippen molar-refractivity contribution in [3.05, 3.63) is 0 Å². The molecule has 0 N–H and O–H groups in total. The van der Waals surface area contributed by atoms with Crippen molar-refractivity contribution in [2.24, 2.45) is 5.92 Å². The van der Waals surface area contributed by atoms with Gasteiger partial charge in [0.1, 0.15) is 11.5 Å². The lowest BCUT2D eigenvalue weighted by Crippen LogP contribution is -2.14. The van der Waals surface area contributed by atoms with Gasteiger partial charge in [0.25, 0.3) is 0 Å². The van der Waals surface area contributed by atoms with Crippen LogP contribution in [0.15, 0.2) is 0 Å². The van der Waals surface area contributed by atoms with Gasteiger partial charge in [-0.15, -0.1) is 0 Å². The topological polar surface area (TPSA) is 46.8 Å². The van der Waals surface area contributed by atoms with E-state index < -0.39 is 11.2 Å². The number of hydrogen-bond acceptors (Lipinski definition) is 2. The second-order valence-corrected chi connectivity index (χ2v) is 4.23. The molecule has 0 amide bonds. The van der Waals surface area contributed by atoms with Crippen LogP contribution in [0.3, 0.4) is 0 Å². The summed E-state index contributed by atoms with van der Waals surface area (Å²) in [5.41, 5.74) is 0. The minimum absolute atomic E-state index is 0.416. The maximum Gasteiger partial charge on any atom is 0.118 e. The molecule has 0 saturated heterocycles. The molecule has 3 heteroatoms. The highest BCUT2D eigenvalue weighted by Gasteiger charge is 2.07. The molecule has 0 rings (SSSR count). The zero-order chi connectivity index (χ0) is 7.98. The van der Waals surface area contributed by atoms with Crippen LogP contribution in [0.1, 0.15) is 20.3 Å². The van der Waals surface area contributed by atoms with E-state index in [0.717, 1.165) is 5.75 Å². The first-order chi connectivity index (χ1) is 4.66. The highest BCUT2D eigenvalue weighted by molar-refractivity contribution is 7.91. The summed E-state index contributed by atoms with van der Waals surface area (Å²) < 4.78 is 11.0. The van der Waals surface area contributed by atoms with Gasteiger partial charge >= 0.3 is 0 Å². The molecule has 2 nitrogen and oxygen atoms in total. The molecule has 1 atom stereocenters. The Labute approximate surface area is 65.4 Å². The molecule has 58 valence electrons. The zero-order valence-corrected chi connectivity index (χ0v) is 7.28. The third kappa shape index (κ3) is 5.93. The van der Waals surface area contributed by atoms with Crippen molar-refractivity contribution in [1.29, 1.82) is 5.26 Å². The fourth-order valence-corrected chi connectivity index (χ4v) is 1.84. The fraction of sp³-hybridized carbons (Fsp3) is 0.857. The smallest absolute Gasteiger partial charge is 0.118 e. The Morgan fingerprint density at radius 3 is 2.60 bits per heavy atom. The van der Waals surface area contributed by atoms with Crippen molar-refractivity contribution in [3.8, 4) is 6.07 Å². The van der Waals surface area contributed by atoms with Crippen LogP contribution in [0.25, 0.3) is 0 Å². The minimum Gasteiger partial charge on any atom is -0.616 e. The summed E-state index contributed by atoms with van der Waals surface area (Å²) in [5.74, 6) is 1.73. The lowest BCUT2D eigenvalue weighted by atomic mass is 10.3. The Bertz CT molecular complexity index is 119. The Hall–Kier alpha value is -0.200. The maximum atomic E-state index is 11.0. The first kappa shape index (κ1) is 9.80. The molecule has 0 spiro atoms. The quantitative estimate of drug-likeness (QED) is 0.580. The number of hydrogen-bond donors (Lipinski definition) is 0. The molecule has 10 heavy (non-hydrogen) atoms. The summed E-state index contributed by atoms with van der Waals surface area (Å²) in [5, 5.41) is 8.16. The molecule has 0 radical (unpaired) electrons. The van der Waals surface area contributed by atoms with Crippen molar-refractivity contribution >= 4 is 11.2 Å². The molecular formula is C7H13NOS. The average molecular weight is 159 g/mol. The molecule has 0 fully saturated rings. The SMILES string of the molecule is CC(C)C[S+]([O-])CCC#N. The molecule has 0 aliphatic rings. The third-order valence-corrected chi connectivity index (χ3v) is 2.66. The van der Waals surface area contributed by atoms with Crippen LogP contribution >= 0.6 is 0 Å². The van der Waals surface area contributed by atoms with E-state index in [2.05, 4.69) is 0 Å². The Morgan fingerprint density at radius 2 is 2.20 bits per heavy atom. The van der Waals surface area contributed by atoms with Gasteiger partial charge in [0.15, 0.2) is 0 Å². The summed E-state index contributed by atoms with van der Waals surface area (Å²) in [6.07, 6.45) is 0.416. The number of nitrogens with zero attached hydrogens (tertiary/aromatic N) is 1. The Kier molecular flexibility index (Phi) is 5.46. The van der Waals surface area contributed by atoms with E-state index in [1.807, 2.05) is 19.9 Å². The van der Waals surface area contributed by atoms with E-state index in [9.17, 15) is 4.55 Å². The van der Waals surface area contributed by atoms with E-state index in [0.29, 0.717) is 18.1 Å². The monoisotopic (exact) mass is 159 g/mol. The summed E-state index contributed by atoms with van der Waals surface area (Å²) >= 11 is -0.773. The van der Waals surface area contributed by atoms with Crippen LogP contribution < -0.4 is 0 Å². The number of rotatable bonds is 4. The van der Waals surface area contributed by atoms with Gasteiger partial charge in [0.2, 0.25) is 0 Å². The average Bonchev–Trinajstić information content (AvgIpc) is 1.82. The van der Waals surface area contributed by atoms with Gasteiger partial charge in [-0.3, -0.25) is 0 Å². The standard InChI is InChI=1S/C7H13NOS/c1-7(2)6-10(9)5-3-4-8/h7H,3,5-6H2,1-2H3. The van der Waals surface area contributed by atoms with Gasteiger partial charge in [-0.05, 0) is 5.92 Å². The van der Waals surface area contributed by atoms with Crippen LogP contribution in [0, 0.1) is 17.2 Å². The fourth-order valence-electron chi connectivity index (χ4n) is 0.615. The lowest BCUT2D eigenvalue weighted by molar-refractivity contribution is 0.581. The van der Waals surface area contributed by atoms with Gasteiger partial charge in [-0.1, -0.05) is 25.0 Å². The first-order valence-electron chi connectivity index (χ1n) is 3.38. The normalized spacial score (nSPS) is 13.1. The first-order valence-corrected chi connectivity index (χ1v) is 4.87. The minimum atomic E-state index is -0.773. The summed E-state index contributed by atoms with van der Waals surface area (Å²) in [4.78, 5) is 0. The second kappa shape index (κ2) is 5.57. The van der Waals surface area contributed by atoms with Crippen LogP contribution in [-0.2, 0) is 11.2 Å². The van der Waals surface area contributed by atoms with Crippen LogP contribution in [0.5, 0.6) is 0 Å². The van der Waals surface area contributed by atoms with Gasteiger partial charge in [0, 0.05) is 0 Å².